The predicted octanol–water partition coefficient (Wildman–Crippen LogP) is 2.37. The third kappa shape index (κ3) is 4.36. The summed E-state index contributed by atoms with van der Waals surface area (Å²) in [6.07, 6.45) is 3.55. The molecular formula is C12H21NO2. The Morgan fingerprint density at radius 3 is 2.47 bits per heavy atom. The number of hydrogen-bond acceptors (Lipinski definition) is 3. The average Bonchev–Trinajstić information content (AvgIpc) is 2.25. The van der Waals surface area contributed by atoms with E-state index in [4.69, 9.17) is 4.74 Å². The Morgan fingerprint density at radius 2 is 2.07 bits per heavy atom. The summed E-state index contributed by atoms with van der Waals surface area (Å²) in [4.78, 5) is 11.5. The molecule has 0 aliphatic carbocycles. The molecule has 1 aliphatic rings. The fourth-order valence-electron chi connectivity index (χ4n) is 1.59. The van der Waals surface area contributed by atoms with Crippen LogP contribution in [0.2, 0.25) is 0 Å². The van der Waals surface area contributed by atoms with Crippen molar-refractivity contribution in [3.63, 3.8) is 0 Å². The second-order valence-corrected chi connectivity index (χ2v) is 5.71. The van der Waals surface area contributed by atoms with E-state index in [9.17, 15) is 4.79 Å². The number of allylic oxidation sites excluding steroid dienone is 1. The third-order valence-corrected chi connectivity index (χ3v) is 2.22. The van der Waals surface area contributed by atoms with Crippen molar-refractivity contribution in [3.05, 3.63) is 11.8 Å². The highest BCUT2D eigenvalue weighted by molar-refractivity contribution is 5.83. The second kappa shape index (κ2) is 3.87. The highest BCUT2D eigenvalue weighted by atomic mass is 16.6. The lowest BCUT2D eigenvalue weighted by atomic mass is 10.0. The van der Waals surface area contributed by atoms with Crippen LogP contribution in [0.3, 0.4) is 0 Å². The van der Waals surface area contributed by atoms with Crippen LogP contribution in [0.1, 0.15) is 47.5 Å². The van der Waals surface area contributed by atoms with E-state index in [1.165, 1.54) is 0 Å². The largest absolute Gasteiger partial charge is 0.457 e. The first-order valence-corrected chi connectivity index (χ1v) is 5.40. The first-order valence-electron chi connectivity index (χ1n) is 5.40. The van der Waals surface area contributed by atoms with Gasteiger partial charge in [-0.1, -0.05) is 0 Å². The van der Waals surface area contributed by atoms with Crippen molar-refractivity contribution in [3.8, 4) is 0 Å². The van der Waals surface area contributed by atoms with Crippen molar-refractivity contribution >= 4 is 5.97 Å². The maximum Gasteiger partial charge on any atom is 0.333 e. The molecule has 0 aromatic heterocycles. The van der Waals surface area contributed by atoms with Crippen molar-refractivity contribution < 1.29 is 9.53 Å². The zero-order chi connectivity index (χ0) is 11.7. The maximum atomic E-state index is 11.5. The third-order valence-electron chi connectivity index (χ3n) is 2.22. The molecule has 0 spiro atoms. The lowest BCUT2D eigenvalue weighted by Crippen LogP contribution is -2.31. The predicted molar refractivity (Wildman–Crippen MR) is 60.4 cm³/mol. The van der Waals surface area contributed by atoms with E-state index in [1.54, 1.807) is 6.08 Å². The summed E-state index contributed by atoms with van der Waals surface area (Å²) >= 11 is 0. The molecule has 0 atom stereocenters. The Morgan fingerprint density at radius 1 is 1.47 bits per heavy atom. The monoisotopic (exact) mass is 211 g/mol. The lowest BCUT2D eigenvalue weighted by molar-refractivity contribution is -0.148. The Kier molecular flexibility index (Phi) is 3.12. The van der Waals surface area contributed by atoms with Crippen LogP contribution in [0.5, 0.6) is 0 Å². The summed E-state index contributed by atoms with van der Waals surface area (Å²) < 4.78 is 5.21. The molecule has 0 saturated carbocycles. The van der Waals surface area contributed by atoms with Gasteiger partial charge in [0.25, 0.3) is 0 Å². The van der Waals surface area contributed by atoms with Gasteiger partial charge in [0.1, 0.15) is 5.60 Å². The summed E-state index contributed by atoms with van der Waals surface area (Å²) in [5, 5.41) is 3.31. The van der Waals surface area contributed by atoms with Gasteiger partial charge in [-0.15, -0.1) is 0 Å². The van der Waals surface area contributed by atoms with Crippen LogP contribution in [0.4, 0.5) is 0 Å². The quantitative estimate of drug-likeness (QED) is 0.534. The summed E-state index contributed by atoms with van der Waals surface area (Å²) in [6, 6.07) is 0. The Hall–Kier alpha value is -0.990. The lowest BCUT2D eigenvalue weighted by Gasteiger charge is -2.19. The number of hydrogen-bond donors (Lipinski definition) is 1. The maximum absolute atomic E-state index is 11.5. The molecule has 1 N–H and O–H groups in total. The van der Waals surface area contributed by atoms with Gasteiger partial charge >= 0.3 is 5.97 Å². The summed E-state index contributed by atoms with van der Waals surface area (Å²) in [7, 11) is 0. The minimum Gasteiger partial charge on any atom is -0.457 e. The van der Waals surface area contributed by atoms with Crippen LogP contribution in [-0.2, 0) is 9.53 Å². The molecule has 1 aliphatic heterocycles. The van der Waals surface area contributed by atoms with E-state index in [2.05, 4.69) is 19.2 Å². The molecule has 0 unspecified atom stereocenters. The molecule has 3 nitrogen and oxygen atoms in total. The van der Waals surface area contributed by atoms with Crippen LogP contribution < -0.4 is 5.32 Å². The van der Waals surface area contributed by atoms with Gasteiger partial charge in [-0.3, -0.25) is 0 Å². The molecule has 0 aromatic rings. The van der Waals surface area contributed by atoms with Gasteiger partial charge in [-0.05, 0) is 47.5 Å². The van der Waals surface area contributed by atoms with E-state index >= 15 is 0 Å². The molecule has 1 saturated heterocycles. The summed E-state index contributed by atoms with van der Waals surface area (Å²) in [6.45, 7) is 9.87. The average molecular weight is 211 g/mol. The van der Waals surface area contributed by atoms with Gasteiger partial charge < -0.3 is 10.1 Å². The zero-order valence-electron chi connectivity index (χ0n) is 10.3. The van der Waals surface area contributed by atoms with Crippen LogP contribution in [0.25, 0.3) is 0 Å². The first-order chi connectivity index (χ1) is 6.68. The minimum atomic E-state index is -0.414. The number of nitrogens with one attached hydrogen (secondary N) is 1. The summed E-state index contributed by atoms with van der Waals surface area (Å²) in [5.74, 6) is -0.261. The van der Waals surface area contributed by atoms with E-state index in [0.717, 1.165) is 18.5 Å². The molecule has 1 rings (SSSR count). The molecular weight excluding hydrogens is 190 g/mol. The Balaban J connectivity index is 2.55. The topological polar surface area (TPSA) is 38.3 Å². The molecule has 0 bridgehead atoms. The second-order valence-electron chi connectivity index (χ2n) is 5.71. The van der Waals surface area contributed by atoms with Gasteiger partial charge in [0.2, 0.25) is 0 Å². The number of carbonyl (C=O) groups excluding carboxylic acids is 1. The van der Waals surface area contributed by atoms with Crippen LogP contribution in [-0.4, -0.2) is 17.1 Å². The molecule has 86 valence electrons. The van der Waals surface area contributed by atoms with Gasteiger partial charge in [-0.2, -0.15) is 0 Å². The number of rotatable bonds is 1. The Labute approximate surface area is 91.9 Å². The molecule has 0 aromatic carbocycles. The van der Waals surface area contributed by atoms with Gasteiger partial charge in [0.05, 0.1) is 0 Å². The Bertz CT molecular complexity index is 284. The SMILES string of the molecule is CC1(C)CC/C(=C\C(=O)OC(C)(C)C)N1. The van der Waals surface area contributed by atoms with Gasteiger partial charge in [0.15, 0.2) is 0 Å². The van der Waals surface area contributed by atoms with Crippen LogP contribution >= 0.6 is 0 Å². The fourth-order valence-corrected chi connectivity index (χ4v) is 1.59. The molecule has 0 amide bonds. The van der Waals surface area contributed by atoms with Crippen molar-refractivity contribution in [2.24, 2.45) is 0 Å². The number of esters is 1. The van der Waals surface area contributed by atoms with E-state index in [0.29, 0.717) is 0 Å². The van der Waals surface area contributed by atoms with Crippen molar-refractivity contribution in [1.82, 2.24) is 5.32 Å². The van der Waals surface area contributed by atoms with Gasteiger partial charge in [0, 0.05) is 17.3 Å². The zero-order valence-corrected chi connectivity index (χ0v) is 10.3. The number of carbonyl (C=O) groups is 1. The minimum absolute atomic E-state index is 0.105. The molecule has 15 heavy (non-hydrogen) atoms. The fraction of sp³-hybridized carbons (Fsp3) is 0.750. The van der Waals surface area contributed by atoms with Crippen molar-refractivity contribution in [2.45, 2.75) is 58.6 Å². The van der Waals surface area contributed by atoms with Gasteiger partial charge in [-0.25, -0.2) is 4.79 Å². The molecule has 1 heterocycles. The molecule has 3 heteroatoms. The highest BCUT2D eigenvalue weighted by Gasteiger charge is 2.26. The van der Waals surface area contributed by atoms with Crippen molar-refractivity contribution in [2.75, 3.05) is 0 Å². The van der Waals surface area contributed by atoms with E-state index in [1.807, 2.05) is 20.8 Å². The van der Waals surface area contributed by atoms with Crippen LogP contribution in [0, 0.1) is 0 Å². The van der Waals surface area contributed by atoms with E-state index < -0.39 is 5.60 Å². The normalized spacial score (nSPS) is 22.6. The van der Waals surface area contributed by atoms with E-state index in [-0.39, 0.29) is 11.5 Å². The molecule has 1 fully saturated rings. The first kappa shape index (κ1) is 12.1. The standard InChI is InChI=1S/C12H21NO2/c1-11(2,3)15-10(14)8-9-6-7-12(4,5)13-9/h8,13H,6-7H2,1-5H3/b9-8+. The smallest absolute Gasteiger partial charge is 0.333 e. The van der Waals surface area contributed by atoms with Crippen molar-refractivity contribution in [1.29, 1.82) is 0 Å². The summed E-state index contributed by atoms with van der Waals surface area (Å²) in [5.41, 5.74) is 0.671. The van der Waals surface area contributed by atoms with Crippen LogP contribution in [0.15, 0.2) is 11.8 Å². The molecule has 0 radical (unpaired) electrons. The number of ether oxygens (including phenoxy) is 1. The highest BCUT2D eigenvalue weighted by Crippen LogP contribution is 2.24.